The summed E-state index contributed by atoms with van der Waals surface area (Å²) >= 11 is 0. The largest absolute Gasteiger partial charge is 0.347 e. The summed E-state index contributed by atoms with van der Waals surface area (Å²) < 4.78 is 26.1. The normalized spacial score (nSPS) is 23.3. The number of imide groups is 1. The number of urea groups is 1. The standard InChI is InChI=1S/C15H17N3O5S/c1-9-5-7-10(8-6-9)24(22,23)17-15(21)16-18-13(19)11-3-2-4-12(11)14(18)20/h5-8,11-12H,2-4H2,1H3,(H2,16,17,21). The lowest BCUT2D eigenvalue weighted by Crippen LogP contribution is -2.51. The summed E-state index contributed by atoms with van der Waals surface area (Å²) in [6.07, 6.45) is 2.02. The lowest BCUT2D eigenvalue weighted by atomic mass is 10.00. The van der Waals surface area contributed by atoms with E-state index in [0.717, 1.165) is 12.0 Å². The molecule has 0 bridgehead atoms. The molecule has 1 saturated heterocycles. The predicted molar refractivity (Wildman–Crippen MR) is 82.7 cm³/mol. The SMILES string of the molecule is Cc1ccc(S(=O)(=O)NC(=O)NN2C(=O)C3CCCC3C2=O)cc1. The Morgan fingerprint density at radius 3 is 2.17 bits per heavy atom. The molecule has 2 unspecified atom stereocenters. The van der Waals surface area contributed by atoms with Crippen LogP contribution >= 0.6 is 0 Å². The molecule has 2 N–H and O–H groups in total. The smallest absolute Gasteiger partial charge is 0.272 e. The minimum Gasteiger partial charge on any atom is -0.272 e. The highest BCUT2D eigenvalue weighted by molar-refractivity contribution is 7.90. The molecule has 4 amide bonds. The van der Waals surface area contributed by atoms with E-state index in [4.69, 9.17) is 0 Å². The maximum atomic E-state index is 12.1. The van der Waals surface area contributed by atoms with Gasteiger partial charge in [-0.15, -0.1) is 0 Å². The van der Waals surface area contributed by atoms with Crippen molar-refractivity contribution in [1.82, 2.24) is 15.2 Å². The summed E-state index contributed by atoms with van der Waals surface area (Å²) in [6.45, 7) is 1.80. The van der Waals surface area contributed by atoms with E-state index in [1.54, 1.807) is 23.8 Å². The Labute approximate surface area is 139 Å². The van der Waals surface area contributed by atoms with Gasteiger partial charge in [-0.05, 0) is 31.9 Å². The molecule has 2 atom stereocenters. The van der Waals surface area contributed by atoms with Gasteiger partial charge in [-0.25, -0.2) is 23.4 Å². The molecule has 1 aromatic rings. The molecule has 3 rings (SSSR count). The number of benzene rings is 1. The highest BCUT2D eigenvalue weighted by Gasteiger charge is 2.50. The van der Waals surface area contributed by atoms with Gasteiger partial charge in [0.05, 0.1) is 16.7 Å². The van der Waals surface area contributed by atoms with Gasteiger partial charge >= 0.3 is 6.03 Å². The topological polar surface area (TPSA) is 113 Å². The van der Waals surface area contributed by atoms with Crippen molar-refractivity contribution in [1.29, 1.82) is 0 Å². The predicted octanol–water partition coefficient (Wildman–Crippen LogP) is 0.683. The summed E-state index contributed by atoms with van der Waals surface area (Å²) in [4.78, 5) is 36.1. The number of fused-ring (bicyclic) bond motifs is 1. The maximum absolute atomic E-state index is 12.1. The van der Waals surface area contributed by atoms with Crippen LogP contribution in [-0.4, -0.2) is 31.3 Å². The summed E-state index contributed by atoms with van der Waals surface area (Å²) in [6, 6.07) is 4.78. The molecule has 128 valence electrons. The van der Waals surface area contributed by atoms with Crippen LogP contribution in [-0.2, 0) is 19.6 Å². The van der Waals surface area contributed by atoms with Crippen LogP contribution in [0.2, 0.25) is 0 Å². The van der Waals surface area contributed by atoms with Crippen molar-refractivity contribution < 1.29 is 22.8 Å². The molecule has 2 aliphatic rings. The fourth-order valence-corrected chi connectivity index (χ4v) is 4.03. The molecule has 1 aromatic carbocycles. The Kier molecular flexibility index (Phi) is 4.04. The first-order chi connectivity index (χ1) is 11.3. The molecule has 9 heteroatoms. The van der Waals surface area contributed by atoms with Crippen LogP contribution in [0.25, 0.3) is 0 Å². The van der Waals surface area contributed by atoms with E-state index in [9.17, 15) is 22.8 Å². The minimum atomic E-state index is -4.08. The van der Waals surface area contributed by atoms with Gasteiger partial charge in [0.25, 0.3) is 21.8 Å². The van der Waals surface area contributed by atoms with Crippen molar-refractivity contribution in [3.05, 3.63) is 29.8 Å². The second-order valence-electron chi connectivity index (χ2n) is 6.02. The number of hydrogen-bond donors (Lipinski definition) is 2. The van der Waals surface area contributed by atoms with Crippen molar-refractivity contribution in [3.63, 3.8) is 0 Å². The van der Waals surface area contributed by atoms with Crippen LogP contribution in [0.4, 0.5) is 4.79 Å². The van der Waals surface area contributed by atoms with Gasteiger partial charge in [-0.2, -0.15) is 5.01 Å². The molecule has 1 aliphatic heterocycles. The van der Waals surface area contributed by atoms with E-state index in [2.05, 4.69) is 0 Å². The second-order valence-corrected chi connectivity index (χ2v) is 7.70. The zero-order valence-electron chi connectivity index (χ0n) is 13.0. The average Bonchev–Trinajstić information content (AvgIpc) is 3.07. The van der Waals surface area contributed by atoms with Gasteiger partial charge in [0, 0.05) is 0 Å². The van der Waals surface area contributed by atoms with Crippen molar-refractivity contribution in [3.8, 4) is 0 Å². The number of hydrogen-bond acceptors (Lipinski definition) is 5. The summed E-state index contributed by atoms with van der Waals surface area (Å²) in [7, 11) is -4.08. The Hall–Kier alpha value is -2.42. The minimum absolute atomic E-state index is 0.0841. The summed E-state index contributed by atoms with van der Waals surface area (Å²) in [5.41, 5.74) is 2.92. The van der Waals surface area contributed by atoms with E-state index in [-0.39, 0.29) is 4.90 Å². The van der Waals surface area contributed by atoms with Crippen molar-refractivity contribution in [2.45, 2.75) is 31.1 Å². The van der Waals surface area contributed by atoms with Crippen molar-refractivity contribution in [2.75, 3.05) is 0 Å². The molecule has 0 aromatic heterocycles. The lowest BCUT2D eigenvalue weighted by molar-refractivity contribution is -0.143. The average molecular weight is 351 g/mol. The van der Waals surface area contributed by atoms with Crippen LogP contribution in [0.15, 0.2) is 29.2 Å². The number of carbonyl (C=O) groups is 3. The molecule has 1 saturated carbocycles. The molecule has 1 heterocycles. The Morgan fingerprint density at radius 2 is 1.62 bits per heavy atom. The number of sulfonamides is 1. The Balaban J connectivity index is 1.68. The fourth-order valence-electron chi connectivity index (χ4n) is 3.12. The first kappa shape index (κ1) is 16.4. The lowest BCUT2D eigenvalue weighted by Gasteiger charge is -2.17. The molecular formula is C15H17N3O5S. The van der Waals surface area contributed by atoms with Gasteiger partial charge < -0.3 is 0 Å². The van der Waals surface area contributed by atoms with Gasteiger partial charge in [-0.1, -0.05) is 24.1 Å². The number of carbonyl (C=O) groups excluding carboxylic acids is 3. The molecule has 2 fully saturated rings. The third kappa shape index (κ3) is 2.86. The van der Waals surface area contributed by atoms with Crippen LogP contribution in [0.5, 0.6) is 0 Å². The molecule has 0 radical (unpaired) electrons. The van der Waals surface area contributed by atoms with Crippen LogP contribution in [0.3, 0.4) is 0 Å². The highest BCUT2D eigenvalue weighted by Crippen LogP contribution is 2.38. The zero-order valence-corrected chi connectivity index (χ0v) is 13.8. The third-order valence-corrected chi connectivity index (χ3v) is 5.71. The van der Waals surface area contributed by atoms with Crippen LogP contribution in [0, 0.1) is 18.8 Å². The molecule has 1 aliphatic carbocycles. The zero-order chi connectivity index (χ0) is 17.5. The van der Waals surface area contributed by atoms with Crippen molar-refractivity contribution >= 4 is 27.9 Å². The van der Waals surface area contributed by atoms with E-state index < -0.39 is 39.7 Å². The molecule has 8 nitrogen and oxygen atoms in total. The highest BCUT2D eigenvalue weighted by atomic mass is 32.2. The van der Waals surface area contributed by atoms with Crippen LogP contribution in [0.1, 0.15) is 24.8 Å². The van der Waals surface area contributed by atoms with Gasteiger partial charge in [-0.3, -0.25) is 9.59 Å². The quantitative estimate of drug-likeness (QED) is 0.778. The van der Waals surface area contributed by atoms with Gasteiger partial charge in [0.2, 0.25) is 0 Å². The fraction of sp³-hybridized carbons (Fsp3) is 0.400. The molecular weight excluding hydrogens is 334 g/mol. The number of nitrogens with zero attached hydrogens (tertiary/aromatic N) is 1. The maximum Gasteiger partial charge on any atom is 0.347 e. The van der Waals surface area contributed by atoms with Gasteiger partial charge in [0.15, 0.2) is 0 Å². The number of hydrazine groups is 1. The second kappa shape index (κ2) is 5.90. The first-order valence-electron chi connectivity index (χ1n) is 7.57. The van der Waals surface area contributed by atoms with Crippen LogP contribution < -0.4 is 10.1 Å². The number of amides is 4. The van der Waals surface area contributed by atoms with Gasteiger partial charge in [0.1, 0.15) is 0 Å². The number of rotatable bonds is 3. The Morgan fingerprint density at radius 1 is 1.08 bits per heavy atom. The van der Waals surface area contributed by atoms with E-state index in [0.29, 0.717) is 17.9 Å². The monoisotopic (exact) mass is 351 g/mol. The number of nitrogens with one attached hydrogen (secondary N) is 2. The van der Waals surface area contributed by atoms with Crippen molar-refractivity contribution in [2.24, 2.45) is 11.8 Å². The summed E-state index contributed by atoms with van der Waals surface area (Å²) in [5.74, 6) is -1.78. The Bertz CT molecular complexity index is 781. The molecule has 0 spiro atoms. The summed E-state index contributed by atoms with van der Waals surface area (Å²) in [5, 5.41) is 0.633. The first-order valence-corrected chi connectivity index (χ1v) is 9.06. The van der Waals surface area contributed by atoms with E-state index >= 15 is 0 Å². The van der Waals surface area contributed by atoms with E-state index in [1.165, 1.54) is 12.1 Å². The molecule has 24 heavy (non-hydrogen) atoms. The number of aryl methyl sites for hydroxylation is 1. The third-order valence-electron chi connectivity index (χ3n) is 4.36. The van der Waals surface area contributed by atoms with E-state index in [1.807, 2.05) is 5.43 Å².